The summed E-state index contributed by atoms with van der Waals surface area (Å²) in [5.41, 5.74) is 5.21. The smallest absolute Gasteiger partial charge is 0.333 e. The van der Waals surface area contributed by atoms with Crippen LogP contribution in [0.3, 0.4) is 0 Å². The van der Waals surface area contributed by atoms with Gasteiger partial charge in [-0.3, -0.25) is 18.7 Å². The topological polar surface area (TPSA) is 165 Å². The maximum absolute atomic E-state index is 13.6. The van der Waals surface area contributed by atoms with Crippen LogP contribution in [0.1, 0.15) is 45.9 Å². The first-order chi connectivity index (χ1) is 19.5. The molecule has 0 amide bonds. The highest BCUT2D eigenvalue weighted by atomic mass is 16.8. The number of ether oxygens (including phenoxy) is 5. The summed E-state index contributed by atoms with van der Waals surface area (Å²) in [7, 11) is 1.55. The van der Waals surface area contributed by atoms with Gasteiger partial charge in [0.15, 0.2) is 12.0 Å². The van der Waals surface area contributed by atoms with Gasteiger partial charge in [0.25, 0.3) is 5.56 Å². The Bertz CT molecular complexity index is 1310. The van der Waals surface area contributed by atoms with E-state index in [2.05, 4.69) is 5.32 Å². The summed E-state index contributed by atoms with van der Waals surface area (Å²) in [6, 6.07) is 7.13. The van der Waals surface area contributed by atoms with E-state index in [1.165, 1.54) is 16.8 Å². The Balaban J connectivity index is 1.66. The van der Waals surface area contributed by atoms with Crippen molar-refractivity contribution in [3.05, 3.63) is 62.9 Å². The highest BCUT2D eigenvalue weighted by Crippen LogP contribution is 2.44. The summed E-state index contributed by atoms with van der Waals surface area (Å²) in [5.74, 6) is -1.07. The molecule has 0 saturated carbocycles. The third kappa shape index (κ3) is 6.88. The highest BCUT2D eigenvalue weighted by Gasteiger charge is 2.59. The maximum atomic E-state index is 13.6. The average molecular weight is 577 g/mol. The van der Waals surface area contributed by atoms with E-state index in [-0.39, 0.29) is 6.54 Å². The zero-order chi connectivity index (χ0) is 29.9. The molecule has 2 saturated heterocycles. The first-order valence-electron chi connectivity index (χ1n) is 13.7. The number of aliphatic hydroxyl groups is 1. The largest absolute Gasteiger partial charge is 0.497 e. The first-order valence-corrected chi connectivity index (χ1v) is 13.7. The van der Waals surface area contributed by atoms with E-state index in [1.54, 1.807) is 59.1 Å². The molecular weight excluding hydrogens is 536 g/mol. The lowest BCUT2D eigenvalue weighted by atomic mass is 9.99. The molecule has 41 heavy (non-hydrogen) atoms. The number of hydrogen-bond acceptors (Lipinski definition) is 11. The fourth-order valence-electron chi connectivity index (χ4n) is 5.09. The van der Waals surface area contributed by atoms with Gasteiger partial charge in [0.05, 0.1) is 19.8 Å². The van der Waals surface area contributed by atoms with Crippen LogP contribution < -0.4 is 27.0 Å². The van der Waals surface area contributed by atoms with Gasteiger partial charge in [-0.15, -0.1) is 0 Å². The molecule has 0 bridgehead atoms. The Morgan fingerprint density at radius 1 is 1.15 bits per heavy atom. The van der Waals surface area contributed by atoms with Gasteiger partial charge in [-0.2, -0.15) is 0 Å². The first kappa shape index (κ1) is 30.9. The zero-order valence-electron chi connectivity index (χ0n) is 24.0. The summed E-state index contributed by atoms with van der Waals surface area (Å²) in [4.78, 5) is 39.3. The molecule has 0 spiro atoms. The van der Waals surface area contributed by atoms with E-state index in [0.717, 1.165) is 10.1 Å². The molecule has 0 radical (unpaired) electrons. The third-order valence-electron chi connectivity index (χ3n) is 6.96. The van der Waals surface area contributed by atoms with E-state index < -0.39 is 65.8 Å². The molecule has 0 unspecified atom stereocenters. The van der Waals surface area contributed by atoms with Crippen LogP contribution in [0, 0.1) is 0 Å². The maximum Gasteiger partial charge on any atom is 0.333 e. The number of aliphatic hydroxyl groups excluding tert-OH is 1. The van der Waals surface area contributed by atoms with Crippen molar-refractivity contribution in [3.8, 4) is 5.75 Å². The van der Waals surface area contributed by atoms with Crippen LogP contribution in [0.5, 0.6) is 5.75 Å². The van der Waals surface area contributed by atoms with Crippen LogP contribution in [0.2, 0.25) is 0 Å². The van der Waals surface area contributed by atoms with E-state index in [0.29, 0.717) is 25.3 Å². The summed E-state index contributed by atoms with van der Waals surface area (Å²) < 4.78 is 31.4. The molecule has 4 N–H and O–H groups in total. The lowest BCUT2D eigenvalue weighted by Crippen LogP contribution is -2.55. The lowest BCUT2D eigenvalue weighted by Gasteiger charge is -2.31. The molecule has 2 fully saturated rings. The standard InChI is InChI=1S/C28H40N4O9/c1-16(2)38-26(35)20(30-13-6-12-29)21(34)22-23-24(41-28(3,4)40-23)25(39-22)31-14-11-19(33)32(27(31)36)15-17-7-9-18(37-5)10-8-17/h7-11,14,16,20-25,30,34H,6,12-13,15,29H2,1-5H3/t20-,21+,22+,23+,24+,25+/m0/s1. The minimum atomic E-state index is -1.42. The molecule has 2 aliphatic rings. The van der Waals surface area contributed by atoms with Gasteiger partial charge in [0, 0.05) is 12.3 Å². The Hall–Kier alpha value is -3.07. The molecule has 2 aromatic rings. The summed E-state index contributed by atoms with van der Waals surface area (Å²) in [5, 5.41) is 14.5. The molecule has 226 valence electrons. The van der Waals surface area contributed by atoms with E-state index in [1.807, 2.05) is 0 Å². The van der Waals surface area contributed by atoms with Crippen molar-refractivity contribution < 1.29 is 33.6 Å². The number of nitrogens with zero attached hydrogens (tertiary/aromatic N) is 2. The number of methoxy groups -OCH3 is 1. The number of nitrogens with two attached hydrogens (primary N) is 1. The van der Waals surface area contributed by atoms with Gasteiger partial charge >= 0.3 is 11.7 Å². The van der Waals surface area contributed by atoms with Crippen molar-refractivity contribution in [3.63, 3.8) is 0 Å². The number of rotatable bonds is 12. The van der Waals surface area contributed by atoms with Gasteiger partial charge in [-0.05, 0) is 64.9 Å². The summed E-state index contributed by atoms with van der Waals surface area (Å²) >= 11 is 0. The average Bonchev–Trinajstić information content (AvgIpc) is 3.41. The van der Waals surface area contributed by atoms with Crippen LogP contribution in [0.15, 0.2) is 46.1 Å². The predicted molar refractivity (Wildman–Crippen MR) is 147 cm³/mol. The number of esters is 1. The number of carbonyl (C=O) groups excluding carboxylic acids is 1. The second-order valence-electron chi connectivity index (χ2n) is 10.9. The Kier molecular flexibility index (Phi) is 9.67. The third-order valence-corrected chi connectivity index (χ3v) is 6.96. The minimum Gasteiger partial charge on any atom is -0.497 e. The number of nitrogens with one attached hydrogen (secondary N) is 1. The number of benzene rings is 1. The van der Waals surface area contributed by atoms with E-state index >= 15 is 0 Å². The molecule has 2 aliphatic heterocycles. The fourth-order valence-corrected chi connectivity index (χ4v) is 5.09. The van der Waals surface area contributed by atoms with Crippen LogP contribution in [0.25, 0.3) is 0 Å². The van der Waals surface area contributed by atoms with Gasteiger partial charge in [-0.1, -0.05) is 12.1 Å². The molecule has 1 aromatic heterocycles. The Labute approximate surface area is 238 Å². The van der Waals surface area contributed by atoms with Crippen molar-refractivity contribution in [1.29, 1.82) is 0 Å². The second kappa shape index (κ2) is 12.8. The van der Waals surface area contributed by atoms with Crippen molar-refractivity contribution >= 4 is 5.97 Å². The lowest BCUT2D eigenvalue weighted by molar-refractivity contribution is -0.210. The molecule has 1 aromatic carbocycles. The molecule has 4 rings (SSSR count). The Morgan fingerprint density at radius 2 is 1.83 bits per heavy atom. The summed E-state index contributed by atoms with van der Waals surface area (Å²) in [6.07, 6.45) is -3.70. The molecule has 6 atom stereocenters. The quantitative estimate of drug-likeness (QED) is 0.232. The van der Waals surface area contributed by atoms with Crippen molar-refractivity contribution in [2.75, 3.05) is 20.2 Å². The molecular formula is C28H40N4O9. The Morgan fingerprint density at radius 3 is 2.46 bits per heavy atom. The molecule has 13 heteroatoms. The van der Waals surface area contributed by atoms with Gasteiger partial charge < -0.3 is 39.8 Å². The second-order valence-corrected chi connectivity index (χ2v) is 10.9. The summed E-state index contributed by atoms with van der Waals surface area (Å²) in [6.45, 7) is 7.61. The monoisotopic (exact) mass is 576 g/mol. The number of carbonyl (C=O) groups is 1. The zero-order valence-corrected chi connectivity index (χ0v) is 24.0. The van der Waals surface area contributed by atoms with Crippen molar-refractivity contribution in [2.24, 2.45) is 5.73 Å². The minimum absolute atomic E-state index is 0.0202. The number of aromatic nitrogens is 2. The predicted octanol–water partition coefficient (Wildman–Crippen LogP) is 0.104. The van der Waals surface area contributed by atoms with Crippen LogP contribution in [-0.2, 0) is 30.3 Å². The van der Waals surface area contributed by atoms with Crippen molar-refractivity contribution in [2.45, 2.75) is 89.2 Å². The normalized spacial score (nSPS) is 24.7. The van der Waals surface area contributed by atoms with Gasteiger partial charge in [-0.25, -0.2) is 4.79 Å². The molecule has 0 aliphatic carbocycles. The molecule has 13 nitrogen and oxygen atoms in total. The molecule has 3 heterocycles. The fraction of sp³-hybridized carbons (Fsp3) is 0.607. The van der Waals surface area contributed by atoms with Gasteiger partial charge in [0.1, 0.15) is 36.2 Å². The SMILES string of the molecule is COc1ccc(Cn2c(=O)ccn([C@@H]3O[C@H]([C@H](O)[C@H](NCCCN)C(=O)OC(C)C)[C@H]4OC(C)(C)O[C@H]43)c2=O)cc1. The van der Waals surface area contributed by atoms with Crippen LogP contribution >= 0.6 is 0 Å². The number of hydrogen-bond donors (Lipinski definition) is 3. The highest BCUT2D eigenvalue weighted by molar-refractivity contribution is 5.77. The van der Waals surface area contributed by atoms with Crippen molar-refractivity contribution in [1.82, 2.24) is 14.5 Å². The van der Waals surface area contributed by atoms with E-state index in [4.69, 9.17) is 29.4 Å². The van der Waals surface area contributed by atoms with Crippen LogP contribution in [0.4, 0.5) is 0 Å². The van der Waals surface area contributed by atoms with Crippen LogP contribution in [-0.4, -0.2) is 82.8 Å². The van der Waals surface area contributed by atoms with Gasteiger partial charge in [0.2, 0.25) is 0 Å². The van der Waals surface area contributed by atoms with E-state index in [9.17, 15) is 19.5 Å². The number of fused-ring (bicyclic) bond motifs is 1.